The van der Waals surface area contributed by atoms with Crippen molar-refractivity contribution in [2.45, 2.75) is 31.3 Å². The number of alkyl halides is 3. The summed E-state index contributed by atoms with van der Waals surface area (Å²) < 4.78 is 42.5. The first kappa shape index (κ1) is 20.3. The summed E-state index contributed by atoms with van der Waals surface area (Å²) in [5, 5.41) is 11.8. The van der Waals surface area contributed by atoms with E-state index in [-0.39, 0.29) is 11.3 Å². The predicted molar refractivity (Wildman–Crippen MR) is 102 cm³/mol. The smallest absolute Gasteiger partial charge is 0.392 e. The first-order valence-corrected chi connectivity index (χ1v) is 9.47. The van der Waals surface area contributed by atoms with E-state index in [1.807, 2.05) is 4.90 Å². The van der Waals surface area contributed by atoms with Gasteiger partial charge < -0.3 is 14.8 Å². The average molecular weight is 419 g/mol. The number of imidazole rings is 1. The molecule has 1 fully saturated rings. The molecule has 3 aromatic rings. The molecule has 2 atom stereocenters. The fourth-order valence-corrected chi connectivity index (χ4v) is 3.64. The highest BCUT2D eigenvalue weighted by Gasteiger charge is 2.42. The topological polar surface area (TPSA) is 82.8 Å². The lowest BCUT2D eigenvalue weighted by molar-refractivity contribution is -0.155. The van der Waals surface area contributed by atoms with E-state index in [0.29, 0.717) is 37.4 Å². The van der Waals surface area contributed by atoms with E-state index in [1.165, 1.54) is 18.3 Å². The number of halogens is 3. The largest absolute Gasteiger partial charge is 0.412 e. The van der Waals surface area contributed by atoms with Gasteiger partial charge in [0, 0.05) is 37.2 Å². The molecule has 4 heterocycles. The van der Waals surface area contributed by atoms with Crippen molar-refractivity contribution < 1.29 is 23.1 Å². The number of likely N-dealkylation sites (tertiary alicyclic amines) is 1. The number of β-amino-alcohol motifs (C(OH)–C–C–N with tert-alkyl or cyclic N) is 1. The molecule has 3 aromatic heterocycles. The second-order valence-corrected chi connectivity index (χ2v) is 7.24. The predicted octanol–water partition coefficient (Wildman–Crippen LogP) is 2.33. The highest BCUT2D eigenvalue weighted by molar-refractivity contribution is 5.99. The van der Waals surface area contributed by atoms with Crippen LogP contribution < -0.4 is 5.32 Å². The van der Waals surface area contributed by atoms with Crippen molar-refractivity contribution in [2.75, 3.05) is 13.1 Å². The van der Waals surface area contributed by atoms with E-state index in [4.69, 9.17) is 0 Å². The number of aliphatic hydroxyl groups excluding tert-OH is 1. The molecule has 0 radical (unpaired) electrons. The van der Waals surface area contributed by atoms with Crippen LogP contribution >= 0.6 is 0 Å². The Bertz CT molecular complexity index is 1040. The highest BCUT2D eigenvalue weighted by Crippen LogP contribution is 2.32. The van der Waals surface area contributed by atoms with Crippen LogP contribution in [0.2, 0.25) is 0 Å². The molecule has 4 rings (SSSR count). The summed E-state index contributed by atoms with van der Waals surface area (Å²) in [6, 6.07) is 5.54. The number of aliphatic hydroxyl groups is 1. The normalized spacial score (nSPS) is 18.6. The summed E-state index contributed by atoms with van der Waals surface area (Å²) in [7, 11) is 0. The molecule has 10 heteroatoms. The van der Waals surface area contributed by atoms with E-state index >= 15 is 0 Å². The van der Waals surface area contributed by atoms with Gasteiger partial charge in [-0.15, -0.1) is 0 Å². The zero-order chi connectivity index (χ0) is 21.3. The third kappa shape index (κ3) is 4.14. The number of carbonyl (C=O) groups is 1. The van der Waals surface area contributed by atoms with Crippen molar-refractivity contribution in [3.8, 4) is 0 Å². The van der Waals surface area contributed by atoms with Gasteiger partial charge in [0.05, 0.1) is 18.2 Å². The number of nitrogens with one attached hydrogen (secondary N) is 1. The van der Waals surface area contributed by atoms with Gasteiger partial charge in [-0.05, 0) is 24.6 Å². The number of pyridine rings is 2. The van der Waals surface area contributed by atoms with E-state index in [0.717, 1.165) is 6.20 Å². The van der Waals surface area contributed by atoms with Crippen LogP contribution in [0.15, 0.2) is 48.9 Å². The van der Waals surface area contributed by atoms with Crippen molar-refractivity contribution in [1.29, 1.82) is 0 Å². The number of amides is 1. The minimum absolute atomic E-state index is 0.0801. The number of fused-ring (bicyclic) bond motifs is 1. The Morgan fingerprint density at radius 1 is 1.30 bits per heavy atom. The molecule has 0 bridgehead atoms. The molecule has 0 saturated carbocycles. The summed E-state index contributed by atoms with van der Waals surface area (Å²) >= 11 is 0. The van der Waals surface area contributed by atoms with Crippen LogP contribution in [-0.2, 0) is 6.54 Å². The molecular formula is C20H20F3N5O2. The van der Waals surface area contributed by atoms with Crippen LogP contribution in [0.1, 0.15) is 34.3 Å². The quantitative estimate of drug-likeness (QED) is 0.663. The molecule has 1 aliphatic heterocycles. The minimum atomic E-state index is -4.69. The van der Waals surface area contributed by atoms with Gasteiger partial charge in [-0.25, -0.2) is 4.98 Å². The molecule has 1 saturated heterocycles. The van der Waals surface area contributed by atoms with Gasteiger partial charge in [0.15, 0.2) is 11.7 Å². The molecule has 0 aromatic carbocycles. The van der Waals surface area contributed by atoms with Crippen LogP contribution in [0.25, 0.3) is 5.52 Å². The van der Waals surface area contributed by atoms with Gasteiger partial charge in [-0.3, -0.25) is 14.7 Å². The van der Waals surface area contributed by atoms with Crippen molar-refractivity contribution in [3.05, 3.63) is 66.0 Å². The third-order valence-electron chi connectivity index (χ3n) is 5.07. The first-order valence-electron chi connectivity index (χ1n) is 9.47. The Morgan fingerprint density at radius 3 is 2.80 bits per heavy atom. The zero-order valence-electron chi connectivity index (χ0n) is 15.9. The van der Waals surface area contributed by atoms with Crippen LogP contribution in [0, 0.1) is 0 Å². The van der Waals surface area contributed by atoms with Crippen LogP contribution in [-0.4, -0.2) is 55.7 Å². The minimum Gasteiger partial charge on any atom is -0.392 e. The molecule has 2 unspecified atom stereocenters. The van der Waals surface area contributed by atoms with Crippen LogP contribution in [0.3, 0.4) is 0 Å². The number of rotatable bonds is 5. The second-order valence-electron chi connectivity index (χ2n) is 7.24. The maximum atomic E-state index is 13.6. The maximum absolute atomic E-state index is 13.6. The Kier molecular flexibility index (Phi) is 5.44. The van der Waals surface area contributed by atoms with Crippen molar-refractivity contribution in [1.82, 2.24) is 24.6 Å². The number of hydrogen-bond acceptors (Lipinski definition) is 5. The lowest BCUT2D eigenvalue weighted by atomic mass is 10.1. The van der Waals surface area contributed by atoms with Crippen molar-refractivity contribution in [3.63, 3.8) is 0 Å². The van der Waals surface area contributed by atoms with E-state index in [1.54, 1.807) is 28.8 Å². The molecular weight excluding hydrogens is 399 g/mol. The first-order chi connectivity index (χ1) is 14.3. The lowest BCUT2D eigenvalue weighted by Crippen LogP contribution is -2.38. The molecule has 0 aliphatic carbocycles. The van der Waals surface area contributed by atoms with Gasteiger partial charge in [-0.1, -0.05) is 12.1 Å². The monoisotopic (exact) mass is 419 g/mol. The van der Waals surface area contributed by atoms with Gasteiger partial charge in [0.2, 0.25) is 0 Å². The van der Waals surface area contributed by atoms with Crippen molar-refractivity contribution in [2.24, 2.45) is 0 Å². The van der Waals surface area contributed by atoms with Gasteiger partial charge >= 0.3 is 6.18 Å². The zero-order valence-corrected chi connectivity index (χ0v) is 15.9. The van der Waals surface area contributed by atoms with Crippen LogP contribution in [0.5, 0.6) is 0 Å². The molecule has 30 heavy (non-hydrogen) atoms. The van der Waals surface area contributed by atoms with Gasteiger partial charge in [-0.2, -0.15) is 13.2 Å². The molecule has 1 aliphatic rings. The van der Waals surface area contributed by atoms with E-state index in [9.17, 15) is 23.1 Å². The maximum Gasteiger partial charge on any atom is 0.412 e. The van der Waals surface area contributed by atoms with Crippen LogP contribution in [0.4, 0.5) is 13.2 Å². The molecule has 158 valence electrons. The van der Waals surface area contributed by atoms with Gasteiger partial charge in [0.25, 0.3) is 5.91 Å². The van der Waals surface area contributed by atoms with Crippen molar-refractivity contribution >= 4 is 11.4 Å². The average Bonchev–Trinajstić information content (AvgIpc) is 3.30. The number of carbonyl (C=O) groups excluding carboxylic acids is 1. The number of aromatic nitrogens is 3. The summed E-state index contributed by atoms with van der Waals surface area (Å²) in [6.07, 6.45) is -0.302. The molecule has 2 N–H and O–H groups in total. The van der Waals surface area contributed by atoms with E-state index in [2.05, 4.69) is 15.3 Å². The molecule has 7 nitrogen and oxygen atoms in total. The standard InChI is InChI=1S/C20H20F3N5O2/c21-20(22,23)18(13-4-3-7-24-10-13)26-19(30)17-15-5-1-2-8-28(15)16(25-17)12-27-9-6-14(29)11-27/h1-5,7-8,10,14,18,29H,6,9,11-12H2,(H,26,30). The summed E-state index contributed by atoms with van der Waals surface area (Å²) in [5.41, 5.74) is 0.175. The highest BCUT2D eigenvalue weighted by atomic mass is 19.4. The third-order valence-corrected chi connectivity index (χ3v) is 5.07. The number of hydrogen-bond donors (Lipinski definition) is 2. The Hall–Kier alpha value is -2.98. The Balaban J connectivity index is 1.64. The molecule has 1 amide bonds. The Labute approximate surface area is 170 Å². The number of nitrogens with zero attached hydrogens (tertiary/aromatic N) is 4. The summed E-state index contributed by atoms with van der Waals surface area (Å²) in [5.74, 6) is -0.396. The lowest BCUT2D eigenvalue weighted by Gasteiger charge is -2.21. The van der Waals surface area contributed by atoms with E-state index < -0.39 is 24.2 Å². The molecule has 0 spiro atoms. The SMILES string of the molecule is O=C(NC(c1cccnc1)C(F)(F)F)c1nc(CN2CCC(O)C2)n2ccccc12. The van der Waals surface area contributed by atoms with Gasteiger partial charge in [0.1, 0.15) is 5.82 Å². The summed E-state index contributed by atoms with van der Waals surface area (Å²) in [6.45, 7) is 1.54. The fourth-order valence-electron chi connectivity index (χ4n) is 3.64. The summed E-state index contributed by atoms with van der Waals surface area (Å²) in [4.78, 5) is 22.9. The fraction of sp³-hybridized carbons (Fsp3) is 0.350. The second kappa shape index (κ2) is 8.04. The Morgan fingerprint density at radius 2 is 2.13 bits per heavy atom.